The minimum atomic E-state index is -0.414. The number of aromatic hydroxyl groups is 2. The van der Waals surface area contributed by atoms with Crippen LogP contribution in [0.2, 0.25) is 0 Å². The normalized spacial score (nSPS) is 11.2. The molecule has 0 aliphatic heterocycles. The van der Waals surface area contributed by atoms with Gasteiger partial charge in [-0.2, -0.15) is 0 Å². The lowest BCUT2D eigenvalue weighted by atomic mass is 9.98. The summed E-state index contributed by atoms with van der Waals surface area (Å²) in [5.41, 5.74) is 2.34. The number of aryl methyl sites for hydroxylation is 1. The number of phenolic OH excluding ortho intramolecular Hbond substituents is 2. The fraction of sp³-hybridized carbons (Fsp3) is 0.211. The lowest BCUT2D eigenvalue weighted by molar-refractivity contribution is 0.102. The van der Waals surface area contributed by atoms with Crippen LogP contribution >= 0.6 is 0 Å². The summed E-state index contributed by atoms with van der Waals surface area (Å²) < 4.78 is 1.93. The summed E-state index contributed by atoms with van der Waals surface area (Å²) in [6, 6.07) is 10.4. The topological polar surface area (TPSA) is 74.5 Å². The maximum absolute atomic E-state index is 12.6. The van der Waals surface area contributed by atoms with E-state index in [-0.39, 0.29) is 23.0 Å². The predicted molar refractivity (Wildman–Crippen MR) is 94.7 cm³/mol. The molecule has 5 heteroatoms. The van der Waals surface area contributed by atoms with Crippen molar-refractivity contribution in [2.45, 2.75) is 19.8 Å². The maximum Gasteiger partial charge on any atom is 0.259 e. The molecule has 5 nitrogen and oxygen atoms in total. The Bertz CT molecular complexity index is 926. The van der Waals surface area contributed by atoms with Crippen molar-refractivity contribution >= 4 is 22.5 Å². The third-order valence-corrected chi connectivity index (χ3v) is 4.16. The van der Waals surface area contributed by atoms with Gasteiger partial charge in [-0.1, -0.05) is 26.0 Å². The molecule has 2 aromatic carbocycles. The van der Waals surface area contributed by atoms with Gasteiger partial charge in [0, 0.05) is 24.7 Å². The molecule has 0 spiro atoms. The van der Waals surface area contributed by atoms with Crippen molar-refractivity contribution in [3.8, 4) is 11.5 Å². The number of hydrogen-bond acceptors (Lipinski definition) is 3. The summed E-state index contributed by atoms with van der Waals surface area (Å²) in [6.07, 6.45) is 1.93. The third-order valence-electron chi connectivity index (χ3n) is 4.16. The van der Waals surface area contributed by atoms with Gasteiger partial charge in [0.05, 0.1) is 16.8 Å². The van der Waals surface area contributed by atoms with E-state index in [0.29, 0.717) is 11.3 Å². The molecule has 0 bridgehead atoms. The first-order valence-electron chi connectivity index (χ1n) is 7.79. The number of nitrogens with zero attached hydrogens (tertiary/aromatic N) is 1. The van der Waals surface area contributed by atoms with Gasteiger partial charge in [-0.25, -0.2) is 0 Å². The Morgan fingerprint density at radius 2 is 1.88 bits per heavy atom. The molecule has 3 aromatic rings. The quantitative estimate of drug-likeness (QED) is 0.682. The molecule has 124 valence electrons. The number of phenols is 2. The molecule has 3 rings (SSSR count). The van der Waals surface area contributed by atoms with Crippen molar-refractivity contribution in [2.24, 2.45) is 7.05 Å². The van der Waals surface area contributed by atoms with Gasteiger partial charge in [0.2, 0.25) is 0 Å². The molecule has 0 saturated heterocycles. The number of hydrogen-bond donors (Lipinski definition) is 3. The van der Waals surface area contributed by atoms with Gasteiger partial charge in [0.15, 0.2) is 0 Å². The lowest BCUT2D eigenvalue weighted by Gasteiger charge is -2.13. The minimum absolute atomic E-state index is 0.0106. The zero-order valence-electron chi connectivity index (χ0n) is 13.9. The van der Waals surface area contributed by atoms with E-state index in [4.69, 9.17) is 0 Å². The second-order valence-corrected chi connectivity index (χ2v) is 6.21. The largest absolute Gasteiger partial charge is 0.508 e. The van der Waals surface area contributed by atoms with Crippen LogP contribution in [0, 0.1) is 0 Å². The van der Waals surface area contributed by atoms with E-state index in [0.717, 1.165) is 10.9 Å². The standard InChI is InChI=1S/C19H20N2O3/c1-11(2)13-9-14(17(23)10-16(13)22)19(24)20-15-6-4-5-12-7-8-21(3)18(12)15/h4-11,22-23H,1-3H3,(H,20,24). The molecule has 0 aliphatic carbocycles. The Morgan fingerprint density at radius 3 is 2.58 bits per heavy atom. The highest BCUT2D eigenvalue weighted by Crippen LogP contribution is 2.33. The van der Waals surface area contributed by atoms with Crippen LogP contribution in [0.5, 0.6) is 11.5 Å². The summed E-state index contributed by atoms with van der Waals surface area (Å²) in [5.74, 6) is -0.631. The van der Waals surface area contributed by atoms with Crippen LogP contribution in [0.1, 0.15) is 35.7 Å². The first-order chi connectivity index (χ1) is 11.4. The third kappa shape index (κ3) is 2.69. The number of rotatable bonds is 3. The Kier molecular flexibility index (Phi) is 3.93. The average Bonchev–Trinajstić information content (AvgIpc) is 2.89. The van der Waals surface area contributed by atoms with Crippen molar-refractivity contribution in [3.63, 3.8) is 0 Å². The smallest absolute Gasteiger partial charge is 0.259 e. The van der Waals surface area contributed by atoms with Crippen molar-refractivity contribution in [2.75, 3.05) is 5.32 Å². The van der Waals surface area contributed by atoms with Gasteiger partial charge in [-0.05, 0) is 29.7 Å². The van der Waals surface area contributed by atoms with Gasteiger partial charge in [-0.3, -0.25) is 4.79 Å². The van der Waals surface area contributed by atoms with E-state index < -0.39 is 5.91 Å². The maximum atomic E-state index is 12.6. The fourth-order valence-electron chi connectivity index (χ4n) is 2.88. The number of carbonyl (C=O) groups excluding carboxylic acids is 1. The van der Waals surface area contributed by atoms with Crippen LogP contribution in [0.15, 0.2) is 42.6 Å². The number of nitrogens with one attached hydrogen (secondary N) is 1. The van der Waals surface area contributed by atoms with Gasteiger partial charge < -0.3 is 20.1 Å². The molecule has 0 aliphatic rings. The van der Waals surface area contributed by atoms with E-state index >= 15 is 0 Å². The second-order valence-electron chi connectivity index (χ2n) is 6.21. The van der Waals surface area contributed by atoms with Crippen LogP contribution in [-0.2, 0) is 7.05 Å². The van der Waals surface area contributed by atoms with Crippen molar-refractivity contribution in [1.82, 2.24) is 4.57 Å². The van der Waals surface area contributed by atoms with E-state index in [1.807, 2.05) is 55.9 Å². The van der Waals surface area contributed by atoms with Gasteiger partial charge >= 0.3 is 0 Å². The summed E-state index contributed by atoms with van der Waals surface area (Å²) in [6.45, 7) is 3.83. The summed E-state index contributed by atoms with van der Waals surface area (Å²) in [5, 5.41) is 23.8. The molecule has 0 fully saturated rings. The van der Waals surface area contributed by atoms with Crippen LogP contribution in [0.4, 0.5) is 5.69 Å². The lowest BCUT2D eigenvalue weighted by Crippen LogP contribution is -2.13. The van der Waals surface area contributed by atoms with Crippen molar-refractivity contribution < 1.29 is 15.0 Å². The molecular formula is C19H20N2O3. The number of fused-ring (bicyclic) bond motifs is 1. The Hall–Kier alpha value is -2.95. The molecule has 0 saturated carbocycles. The van der Waals surface area contributed by atoms with Crippen molar-refractivity contribution in [3.05, 3.63) is 53.7 Å². The molecule has 0 unspecified atom stereocenters. The number of benzene rings is 2. The first kappa shape index (κ1) is 15.9. The highest BCUT2D eigenvalue weighted by Gasteiger charge is 2.18. The zero-order chi connectivity index (χ0) is 17.4. The molecule has 1 heterocycles. The highest BCUT2D eigenvalue weighted by atomic mass is 16.3. The monoisotopic (exact) mass is 324 g/mol. The number of amides is 1. The average molecular weight is 324 g/mol. The molecule has 3 N–H and O–H groups in total. The highest BCUT2D eigenvalue weighted by molar-refractivity contribution is 6.10. The molecular weight excluding hydrogens is 304 g/mol. The summed E-state index contributed by atoms with van der Waals surface area (Å²) >= 11 is 0. The van der Waals surface area contributed by atoms with Gasteiger partial charge in [-0.15, -0.1) is 0 Å². The van der Waals surface area contributed by atoms with Gasteiger partial charge in [0.1, 0.15) is 11.5 Å². The predicted octanol–water partition coefficient (Wildman–Crippen LogP) is 3.97. The summed E-state index contributed by atoms with van der Waals surface area (Å²) in [7, 11) is 1.91. The first-order valence-corrected chi connectivity index (χ1v) is 7.79. The van der Waals surface area contributed by atoms with E-state index in [1.165, 1.54) is 12.1 Å². The van der Waals surface area contributed by atoms with Crippen LogP contribution in [0.3, 0.4) is 0 Å². The number of carbonyl (C=O) groups is 1. The molecule has 1 amide bonds. The fourth-order valence-corrected chi connectivity index (χ4v) is 2.88. The van der Waals surface area contributed by atoms with E-state index in [2.05, 4.69) is 5.32 Å². The van der Waals surface area contributed by atoms with E-state index in [1.54, 1.807) is 0 Å². The minimum Gasteiger partial charge on any atom is -0.508 e. The SMILES string of the molecule is CC(C)c1cc(C(=O)Nc2cccc3ccn(C)c23)c(O)cc1O. The Labute approximate surface area is 140 Å². The number of para-hydroxylation sites is 1. The van der Waals surface area contributed by atoms with Crippen LogP contribution in [-0.4, -0.2) is 20.7 Å². The Balaban J connectivity index is 2.01. The molecule has 24 heavy (non-hydrogen) atoms. The number of anilines is 1. The zero-order valence-corrected chi connectivity index (χ0v) is 13.9. The van der Waals surface area contributed by atoms with Gasteiger partial charge in [0.25, 0.3) is 5.91 Å². The van der Waals surface area contributed by atoms with Crippen molar-refractivity contribution in [1.29, 1.82) is 0 Å². The summed E-state index contributed by atoms with van der Waals surface area (Å²) in [4.78, 5) is 12.6. The number of aromatic nitrogens is 1. The molecule has 0 radical (unpaired) electrons. The molecule has 0 atom stereocenters. The Morgan fingerprint density at radius 1 is 1.12 bits per heavy atom. The van der Waals surface area contributed by atoms with E-state index in [9.17, 15) is 15.0 Å². The van der Waals surface area contributed by atoms with Crippen LogP contribution in [0.25, 0.3) is 10.9 Å². The second kappa shape index (κ2) is 5.92. The van der Waals surface area contributed by atoms with Crippen LogP contribution < -0.4 is 5.32 Å². The molecule has 1 aromatic heterocycles.